The van der Waals surface area contributed by atoms with Gasteiger partial charge >= 0.3 is 131 Å². The first kappa shape index (κ1) is 20.2. The topological polar surface area (TPSA) is 20.2 Å². The van der Waals surface area contributed by atoms with Crippen LogP contribution in [0.25, 0.3) is 0 Å². The predicted molar refractivity (Wildman–Crippen MR) is 94.9 cm³/mol. The molecule has 118 valence electrons. The van der Waals surface area contributed by atoms with Crippen molar-refractivity contribution in [3.63, 3.8) is 0 Å². The zero-order valence-electron chi connectivity index (χ0n) is 14.3. The van der Waals surface area contributed by atoms with Gasteiger partial charge in [0.25, 0.3) is 0 Å². The molecule has 0 fully saturated rings. The van der Waals surface area contributed by atoms with E-state index >= 15 is 0 Å². The molecule has 0 aliphatic rings. The Labute approximate surface area is 131 Å². The number of hydrogen-bond donors (Lipinski definition) is 1. The fourth-order valence-corrected chi connectivity index (χ4v) is 16.7. The summed E-state index contributed by atoms with van der Waals surface area (Å²) in [4.78, 5) is 0. The molecular formula is C18H36OSn. The maximum atomic E-state index is 9.10. The van der Waals surface area contributed by atoms with E-state index in [-0.39, 0.29) is 6.61 Å². The van der Waals surface area contributed by atoms with Gasteiger partial charge in [-0.25, -0.2) is 0 Å². The summed E-state index contributed by atoms with van der Waals surface area (Å²) in [5.41, 5.74) is 1.07. The fraction of sp³-hybridized carbons (Fsp3) is 0.778. The molecule has 0 aromatic rings. The molecule has 0 spiro atoms. The molecule has 0 rings (SSSR count). The van der Waals surface area contributed by atoms with E-state index in [1.165, 1.54) is 51.8 Å². The van der Waals surface area contributed by atoms with Gasteiger partial charge in [0.1, 0.15) is 0 Å². The van der Waals surface area contributed by atoms with Crippen LogP contribution in [-0.2, 0) is 0 Å². The minimum atomic E-state index is -2.08. The Kier molecular flexibility index (Phi) is 13.1. The Morgan fingerprint density at radius 1 is 0.900 bits per heavy atom. The van der Waals surface area contributed by atoms with Crippen molar-refractivity contribution >= 4 is 18.4 Å². The first-order valence-corrected chi connectivity index (χ1v) is 16.3. The molecule has 1 nitrogen and oxygen atoms in total. The maximum absolute atomic E-state index is 9.10. The van der Waals surface area contributed by atoms with Crippen LogP contribution < -0.4 is 0 Å². The molecule has 0 saturated carbocycles. The van der Waals surface area contributed by atoms with Crippen molar-refractivity contribution in [2.45, 2.75) is 79.5 Å². The standard InChI is InChI=1S/C6H9O.3C4H9.Sn/c1-3-4-6(2)5-7;3*1-3-4-2;/h1,3-4,7H,5H2,2H3;3*1,3-4H2,2H3;/b3-1?,6-4+;;;;. The molecule has 0 atom stereocenters. The van der Waals surface area contributed by atoms with Crippen molar-refractivity contribution in [2.75, 3.05) is 6.61 Å². The molecule has 0 bridgehead atoms. The average molecular weight is 387 g/mol. The van der Waals surface area contributed by atoms with Gasteiger partial charge in [-0.1, -0.05) is 0 Å². The fourth-order valence-electron chi connectivity index (χ4n) is 2.68. The molecule has 0 aliphatic heterocycles. The van der Waals surface area contributed by atoms with Gasteiger partial charge in [-0.05, 0) is 0 Å². The van der Waals surface area contributed by atoms with Gasteiger partial charge in [-0.2, -0.15) is 0 Å². The summed E-state index contributed by atoms with van der Waals surface area (Å²) in [5.74, 6) is 0. The summed E-state index contributed by atoms with van der Waals surface area (Å²) in [6, 6.07) is 0. The molecule has 0 unspecified atom stereocenters. The Hall–Kier alpha value is 0.239. The van der Waals surface area contributed by atoms with E-state index in [1.54, 1.807) is 0 Å². The summed E-state index contributed by atoms with van der Waals surface area (Å²) in [7, 11) is 0. The second kappa shape index (κ2) is 12.9. The Bertz CT molecular complexity index is 259. The average Bonchev–Trinajstić information content (AvgIpc) is 2.48. The summed E-state index contributed by atoms with van der Waals surface area (Å²) in [6.45, 7) is 9.14. The number of aliphatic hydroxyl groups is 1. The molecule has 1 N–H and O–H groups in total. The third-order valence-corrected chi connectivity index (χ3v) is 18.3. The van der Waals surface area contributed by atoms with Crippen LogP contribution in [0.1, 0.15) is 66.2 Å². The van der Waals surface area contributed by atoms with E-state index in [0.717, 1.165) is 5.57 Å². The van der Waals surface area contributed by atoms with Gasteiger partial charge in [0.15, 0.2) is 0 Å². The summed E-state index contributed by atoms with van der Waals surface area (Å²) in [5, 5.41) is 9.10. The van der Waals surface area contributed by atoms with E-state index in [0.29, 0.717) is 0 Å². The second-order valence-corrected chi connectivity index (χ2v) is 19.2. The molecule has 0 heterocycles. The van der Waals surface area contributed by atoms with E-state index in [1.807, 2.05) is 6.92 Å². The Balaban J connectivity index is 4.91. The van der Waals surface area contributed by atoms with Crippen LogP contribution in [0.15, 0.2) is 21.8 Å². The van der Waals surface area contributed by atoms with Crippen molar-refractivity contribution in [2.24, 2.45) is 0 Å². The SMILES string of the molecule is CCC[CH2][Sn](/[CH]=C/C=C(\C)CO)([CH2]CCC)[CH2]CCC. The van der Waals surface area contributed by atoms with Crippen LogP contribution in [0.2, 0.25) is 13.3 Å². The first-order valence-electron chi connectivity index (χ1n) is 8.60. The normalized spacial score (nSPS) is 13.3. The quantitative estimate of drug-likeness (QED) is 0.328. The molecule has 2 heteroatoms. The van der Waals surface area contributed by atoms with Crippen LogP contribution in [0.4, 0.5) is 0 Å². The number of aliphatic hydroxyl groups excluding tert-OH is 1. The van der Waals surface area contributed by atoms with E-state index in [2.05, 4.69) is 37.0 Å². The van der Waals surface area contributed by atoms with Gasteiger partial charge in [0, 0.05) is 0 Å². The number of allylic oxidation sites excluding steroid dienone is 2. The van der Waals surface area contributed by atoms with Crippen LogP contribution >= 0.6 is 0 Å². The van der Waals surface area contributed by atoms with Gasteiger partial charge in [-0.15, -0.1) is 0 Å². The summed E-state index contributed by atoms with van der Waals surface area (Å²) >= 11 is -2.08. The zero-order chi connectivity index (χ0) is 15.3. The van der Waals surface area contributed by atoms with E-state index in [9.17, 15) is 0 Å². The summed E-state index contributed by atoms with van der Waals surface area (Å²) < 4.78 is 7.21. The van der Waals surface area contributed by atoms with E-state index < -0.39 is 18.4 Å². The molecule has 0 saturated heterocycles. The summed E-state index contributed by atoms with van der Waals surface area (Å²) in [6.07, 6.45) is 12.6. The van der Waals surface area contributed by atoms with Crippen molar-refractivity contribution in [1.29, 1.82) is 0 Å². The number of rotatable bonds is 12. The molecule has 0 aromatic heterocycles. The van der Waals surface area contributed by atoms with Crippen molar-refractivity contribution < 1.29 is 5.11 Å². The third kappa shape index (κ3) is 9.23. The molecule has 0 aromatic carbocycles. The Morgan fingerprint density at radius 3 is 1.70 bits per heavy atom. The van der Waals surface area contributed by atoms with Gasteiger partial charge < -0.3 is 0 Å². The van der Waals surface area contributed by atoms with Crippen LogP contribution in [0.5, 0.6) is 0 Å². The van der Waals surface area contributed by atoms with Gasteiger partial charge in [-0.3, -0.25) is 0 Å². The molecule has 0 amide bonds. The van der Waals surface area contributed by atoms with Crippen LogP contribution in [0.3, 0.4) is 0 Å². The number of unbranched alkanes of at least 4 members (excludes halogenated alkanes) is 3. The Morgan fingerprint density at radius 2 is 1.35 bits per heavy atom. The minimum absolute atomic E-state index is 0.186. The van der Waals surface area contributed by atoms with Gasteiger partial charge in [0.05, 0.1) is 0 Å². The van der Waals surface area contributed by atoms with Crippen molar-refractivity contribution in [1.82, 2.24) is 0 Å². The molecule has 20 heavy (non-hydrogen) atoms. The first-order chi connectivity index (χ1) is 9.64. The van der Waals surface area contributed by atoms with Crippen LogP contribution in [0, 0.1) is 0 Å². The van der Waals surface area contributed by atoms with E-state index in [4.69, 9.17) is 5.11 Å². The van der Waals surface area contributed by atoms with Gasteiger partial charge in [0.2, 0.25) is 0 Å². The molecule has 0 aliphatic carbocycles. The van der Waals surface area contributed by atoms with Crippen LogP contribution in [-0.4, -0.2) is 30.1 Å². The predicted octanol–water partition coefficient (Wildman–Crippen LogP) is 5.87. The third-order valence-electron chi connectivity index (χ3n) is 4.16. The number of hydrogen-bond acceptors (Lipinski definition) is 1. The van der Waals surface area contributed by atoms with Crippen molar-refractivity contribution in [3.8, 4) is 0 Å². The molecule has 0 radical (unpaired) electrons. The monoisotopic (exact) mass is 388 g/mol. The zero-order valence-corrected chi connectivity index (χ0v) is 17.1. The second-order valence-electron chi connectivity index (χ2n) is 6.20. The molecular weight excluding hydrogens is 351 g/mol. The van der Waals surface area contributed by atoms with Crippen molar-refractivity contribution in [3.05, 3.63) is 21.8 Å².